The van der Waals surface area contributed by atoms with Gasteiger partial charge in [0, 0.05) is 13.1 Å². The van der Waals surface area contributed by atoms with Gasteiger partial charge in [-0.15, -0.1) is 0 Å². The van der Waals surface area contributed by atoms with Crippen molar-refractivity contribution in [3.05, 3.63) is 47.5 Å². The minimum absolute atomic E-state index is 0.265. The largest absolute Gasteiger partial charge is 0.310 e. The van der Waals surface area contributed by atoms with Crippen molar-refractivity contribution in [1.82, 2.24) is 20.0 Å². The Morgan fingerprint density at radius 1 is 1.21 bits per heavy atom. The zero-order valence-corrected chi connectivity index (χ0v) is 13.1. The normalized spacial score (nSPS) is 15.6. The predicted octanol–water partition coefficient (Wildman–Crippen LogP) is 3.02. The highest BCUT2D eigenvalue weighted by Crippen LogP contribution is 2.41. The van der Waals surface area contributed by atoms with E-state index in [1.54, 1.807) is 12.3 Å². The van der Waals surface area contributed by atoms with Gasteiger partial charge in [0.15, 0.2) is 0 Å². The van der Waals surface area contributed by atoms with Crippen LogP contribution in [0.15, 0.2) is 35.6 Å². The van der Waals surface area contributed by atoms with Crippen LogP contribution in [0.2, 0.25) is 0 Å². The van der Waals surface area contributed by atoms with Crippen molar-refractivity contribution >= 4 is 17.3 Å². The number of aliphatic imine (C=N–C) groups is 1. The molecule has 0 amide bonds. The highest BCUT2D eigenvalue weighted by Gasteiger charge is 2.32. The number of rotatable bonds is 1. The minimum atomic E-state index is -0.265. The van der Waals surface area contributed by atoms with Gasteiger partial charge in [-0.05, 0) is 25.0 Å². The molecule has 7 heteroatoms. The number of anilines is 1. The molecule has 0 radical (unpaired) electrons. The Bertz CT molecular complexity index is 963. The van der Waals surface area contributed by atoms with E-state index in [2.05, 4.69) is 20.2 Å². The summed E-state index contributed by atoms with van der Waals surface area (Å²) in [4.78, 5) is 6.85. The van der Waals surface area contributed by atoms with Gasteiger partial charge in [0.2, 0.25) is 0 Å². The third kappa shape index (κ3) is 1.72. The molecule has 120 valence electrons. The molecular weight excluding hydrogens is 307 g/mol. The number of hydrogen-bond donors (Lipinski definition) is 1. The maximum atomic E-state index is 14.6. The van der Waals surface area contributed by atoms with Gasteiger partial charge in [0.05, 0.1) is 29.2 Å². The van der Waals surface area contributed by atoms with E-state index in [-0.39, 0.29) is 5.82 Å². The number of hydrogen-bond acceptors (Lipinski definition) is 4. The zero-order valence-electron chi connectivity index (χ0n) is 13.1. The standard InChI is InChI=1S/C17H15FN6/c1-10-4-2-5-12(18)14(10)16-21-13-9-19-22-15(13)11-8-20-24-7-3-6-23(16)17(11)24/h2,4-5,8-9H,3,6-7H2,1H3,(H,19,22). The average Bonchev–Trinajstić information content (AvgIpc) is 3.17. The highest BCUT2D eigenvalue weighted by atomic mass is 19.1. The Hall–Kier alpha value is -2.96. The van der Waals surface area contributed by atoms with E-state index < -0.39 is 0 Å². The zero-order chi connectivity index (χ0) is 16.3. The van der Waals surface area contributed by atoms with Gasteiger partial charge < -0.3 is 4.90 Å². The summed E-state index contributed by atoms with van der Waals surface area (Å²) in [5.74, 6) is 1.30. The predicted molar refractivity (Wildman–Crippen MR) is 89.1 cm³/mol. The smallest absolute Gasteiger partial charge is 0.145 e. The molecule has 2 aliphatic heterocycles. The van der Waals surface area contributed by atoms with E-state index in [9.17, 15) is 4.39 Å². The highest BCUT2D eigenvalue weighted by molar-refractivity contribution is 6.15. The lowest BCUT2D eigenvalue weighted by Gasteiger charge is -2.31. The molecule has 24 heavy (non-hydrogen) atoms. The monoisotopic (exact) mass is 322 g/mol. The maximum absolute atomic E-state index is 14.6. The molecule has 0 fully saturated rings. The van der Waals surface area contributed by atoms with Gasteiger partial charge in [-0.25, -0.2) is 14.1 Å². The van der Waals surface area contributed by atoms with Crippen molar-refractivity contribution in [3.8, 4) is 11.3 Å². The number of halogens is 1. The lowest BCUT2D eigenvalue weighted by atomic mass is 10.1. The molecular formula is C17H15FN6. The van der Waals surface area contributed by atoms with E-state index in [0.717, 1.165) is 42.1 Å². The van der Waals surface area contributed by atoms with Crippen molar-refractivity contribution in [1.29, 1.82) is 0 Å². The molecule has 0 spiro atoms. The van der Waals surface area contributed by atoms with E-state index in [1.165, 1.54) is 6.07 Å². The second kappa shape index (κ2) is 4.77. The lowest BCUT2D eigenvalue weighted by molar-refractivity contribution is 0.546. The summed E-state index contributed by atoms with van der Waals surface area (Å²) in [5.41, 5.74) is 3.88. The van der Waals surface area contributed by atoms with Crippen molar-refractivity contribution in [2.45, 2.75) is 19.9 Å². The Kier molecular flexibility index (Phi) is 2.68. The number of aryl methyl sites for hydroxylation is 2. The van der Waals surface area contributed by atoms with Gasteiger partial charge in [0.1, 0.15) is 23.2 Å². The molecule has 0 saturated carbocycles. The van der Waals surface area contributed by atoms with Crippen LogP contribution in [0.1, 0.15) is 17.5 Å². The number of nitrogens with zero attached hydrogens (tertiary/aromatic N) is 5. The Labute approximate surface area is 137 Å². The van der Waals surface area contributed by atoms with Gasteiger partial charge in [-0.2, -0.15) is 10.2 Å². The van der Waals surface area contributed by atoms with Crippen LogP contribution in [0.25, 0.3) is 11.3 Å². The summed E-state index contributed by atoms with van der Waals surface area (Å²) in [6.07, 6.45) is 4.44. The van der Waals surface area contributed by atoms with Crippen molar-refractivity contribution in [3.63, 3.8) is 0 Å². The molecule has 2 aromatic heterocycles. The molecule has 1 aromatic carbocycles. The van der Waals surface area contributed by atoms with E-state index in [1.807, 2.05) is 23.9 Å². The Balaban J connectivity index is 1.84. The molecule has 0 unspecified atom stereocenters. The Morgan fingerprint density at radius 3 is 3.00 bits per heavy atom. The number of aromatic nitrogens is 4. The van der Waals surface area contributed by atoms with Crippen LogP contribution < -0.4 is 4.90 Å². The van der Waals surface area contributed by atoms with E-state index in [4.69, 9.17) is 4.99 Å². The topological polar surface area (TPSA) is 62.1 Å². The van der Waals surface area contributed by atoms with Crippen molar-refractivity contribution in [2.75, 3.05) is 11.4 Å². The summed E-state index contributed by atoms with van der Waals surface area (Å²) in [6, 6.07) is 5.11. The first kappa shape index (κ1) is 13.5. The number of amidine groups is 1. The van der Waals surface area contributed by atoms with Crippen LogP contribution >= 0.6 is 0 Å². The first-order valence-corrected chi connectivity index (χ1v) is 7.95. The number of H-pyrrole nitrogens is 1. The minimum Gasteiger partial charge on any atom is -0.310 e. The van der Waals surface area contributed by atoms with Gasteiger partial charge in [-0.1, -0.05) is 12.1 Å². The van der Waals surface area contributed by atoms with Gasteiger partial charge >= 0.3 is 0 Å². The fourth-order valence-electron chi connectivity index (χ4n) is 3.54. The van der Waals surface area contributed by atoms with Crippen LogP contribution in [0.4, 0.5) is 15.9 Å². The summed E-state index contributed by atoms with van der Waals surface area (Å²) >= 11 is 0. The van der Waals surface area contributed by atoms with Crippen LogP contribution in [0.5, 0.6) is 0 Å². The number of fused-ring (bicyclic) bond motifs is 2. The summed E-state index contributed by atoms with van der Waals surface area (Å²) in [6.45, 7) is 3.53. The SMILES string of the molecule is Cc1cccc(F)c1C1=Nc2cn[nH]c2-c2cnn3c2N1CCC3. The summed E-state index contributed by atoms with van der Waals surface area (Å²) < 4.78 is 16.6. The summed E-state index contributed by atoms with van der Waals surface area (Å²) in [5, 5.41) is 11.6. The first-order chi connectivity index (χ1) is 11.7. The van der Waals surface area contributed by atoms with Gasteiger partial charge in [-0.3, -0.25) is 5.10 Å². The molecule has 5 rings (SSSR count). The van der Waals surface area contributed by atoms with Crippen LogP contribution in [0, 0.1) is 12.7 Å². The molecule has 0 atom stereocenters. The molecule has 6 nitrogen and oxygen atoms in total. The van der Waals surface area contributed by atoms with Crippen LogP contribution in [-0.2, 0) is 6.54 Å². The molecule has 0 bridgehead atoms. The molecule has 0 saturated heterocycles. The maximum Gasteiger partial charge on any atom is 0.145 e. The average molecular weight is 322 g/mol. The quantitative estimate of drug-likeness (QED) is 0.749. The first-order valence-electron chi connectivity index (χ1n) is 7.95. The van der Waals surface area contributed by atoms with Crippen molar-refractivity contribution < 1.29 is 4.39 Å². The second-order valence-electron chi connectivity index (χ2n) is 6.11. The van der Waals surface area contributed by atoms with Crippen LogP contribution in [0.3, 0.4) is 0 Å². The fourth-order valence-corrected chi connectivity index (χ4v) is 3.54. The molecule has 3 aromatic rings. The van der Waals surface area contributed by atoms with E-state index in [0.29, 0.717) is 17.1 Å². The molecule has 0 aliphatic carbocycles. The number of aromatic amines is 1. The Morgan fingerprint density at radius 2 is 2.12 bits per heavy atom. The second-order valence-corrected chi connectivity index (χ2v) is 6.11. The third-order valence-corrected chi connectivity index (χ3v) is 4.64. The molecule has 1 N–H and O–H groups in total. The van der Waals surface area contributed by atoms with Crippen LogP contribution in [-0.4, -0.2) is 32.4 Å². The van der Waals surface area contributed by atoms with E-state index >= 15 is 0 Å². The van der Waals surface area contributed by atoms with Crippen molar-refractivity contribution in [2.24, 2.45) is 4.99 Å². The lowest BCUT2D eigenvalue weighted by Crippen LogP contribution is -2.38. The fraction of sp³-hybridized carbons (Fsp3) is 0.235. The molecule has 4 heterocycles. The molecule has 2 aliphatic rings. The summed E-state index contributed by atoms with van der Waals surface area (Å²) in [7, 11) is 0. The number of benzene rings is 1. The van der Waals surface area contributed by atoms with Gasteiger partial charge in [0.25, 0.3) is 0 Å². The third-order valence-electron chi connectivity index (χ3n) is 4.64. The number of nitrogens with one attached hydrogen (secondary N) is 1.